The number of fused-ring (bicyclic) bond motifs is 1. The number of imidazole rings is 1. The molecule has 0 saturated carbocycles. The lowest BCUT2D eigenvalue weighted by Crippen LogP contribution is -2.23. The Morgan fingerprint density at radius 3 is 1.94 bits per heavy atom. The van der Waals surface area contributed by atoms with Crippen molar-refractivity contribution >= 4 is 16.9 Å². The van der Waals surface area contributed by atoms with Crippen LogP contribution >= 0.6 is 0 Å². The molecule has 0 fully saturated rings. The molecule has 0 radical (unpaired) electrons. The van der Waals surface area contributed by atoms with Gasteiger partial charge in [0.05, 0.1) is 11.0 Å². The number of hydrogen-bond acceptors (Lipinski definition) is 2. The van der Waals surface area contributed by atoms with Gasteiger partial charge in [-0.1, -0.05) is 116 Å². The third-order valence-corrected chi connectivity index (χ3v) is 7.19. The standard InChI is InChI=1S/C31H53N3O/c1-3-5-6-7-8-9-10-11-12-13-14-15-16-22-27-34-29-24-20-19-23-28(29)33-30(34)25-18-17-21-26-32-31(35)4-2/h19-20,23-24H,3-18,21-22,25-27H2,1-2H3,(H,32,35). The van der Waals surface area contributed by atoms with E-state index >= 15 is 0 Å². The molecule has 1 N–H and O–H groups in total. The minimum Gasteiger partial charge on any atom is -0.356 e. The van der Waals surface area contributed by atoms with Gasteiger partial charge in [0.2, 0.25) is 5.91 Å². The van der Waals surface area contributed by atoms with Crippen LogP contribution in [-0.2, 0) is 17.8 Å². The number of amides is 1. The minimum absolute atomic E-state index is 0.153. The van der Waals surface area contributed by atoms with E-state index in [-0.39, 0.29) is 5.91 Å². The molecule has 1 aromatic carbocycles. The van der Waals surface area contributed by atoms with E-state index < -0.39 is 0 Å². The molecule has 4 nitrogen and oxygen atoms in total. The van der Waals surface area contributed by atoms with Gasteiger partial charge in [-0.05, 0) is 31.4 Å². The third kappa shape index (κ3) is 12.6. The molecular weight excluding hydrogens is 430 g/mol. The van der Waals surface area contributed by atoms with Gasteiger partial charge in [0, 0.05) is 25.9 Å². The Kier molecular flexibility index (Phi) is 16.3. The molecule has 0 aliphatic heterocycles. The first-order chi connectivity index (χ1) is 17.3. The average Bonchev–Trinajstić information content (AvgIpc) is 3.23. The second-order valence-electron chi connectivity index (χ2n) is 10.3. The number of carbonyl (C=O) groups excluding carboxylic acids is 1. The van der Waals surface area contributed by atoms with Crippen LogP contribution in [0.4, 0.5) is 0 Å². The molecule has 1 heterocycles. The molecule has 0 spiro atoms. The summed E-state index contributed by atoms with van der Waals surface area (Å²) in [6.45, 7) is 6.07. The van der Waals surface area contributed by atoms with Gasteiger partial charge in [-0.15, -0.1) is 0 Å². The van der Waals surface area contributed by atoms with E-state index in [0.29, 0.717) is 6.42 Å². The summed E-state index contributed by atoms with van der Waals surface area (Å²) in [5, 5.41) is 2.97. The Morgan fingerprint density at radius 1 is 0.743 bits per heavy atom. The van der Waals surface area contributed by atoms with Gasteiger partial charge in [0.1, 0.15) is 5.82 Å². The van der Waals surface area contributed by atoms with Crippen molar-refractivity contribution in [3.05, 3.63) is 30.1 Å². The molecule has 198 valence electrons. The van der Waals surface area contributed by atoms with Crippen molar-refractivity contribution in [3.63, 3.8) is 0 Å². The van der Waals surface area contributed by atoms with Crippen molar-refractivity contribution in [1.29, 1.82) is 0 Å². The predicted molar refractivity (Wildman–Crippen MR) is 151 cm³/mol. The van der Waals surface area contributed by atoms with Crippen LogP contribution in [0.5, 0.6) is 0 Å². The summed E-state index contributed by atoms with van der Waals surface area (Å²) in [5.74, 6) is 1.39. The number of hydrogen-bond donors (Lipinski definition) is 1. The van der Waals surface area contributed by atoms with Crippen molar-refractivity contribution in [2.24, 2.45) is 0 Å². The molecule has 2 rings (SSSR count). The van der Waals surface area contributed by atoms with Crippen molar-refractivity contribution in [2.45, 2.75) is 142 Å². The maximum absolute atomic E-state index is 11.4. The molecule has 35 heavy (non-hydrogen) atoms. The van der Waals surface area contributed by atoms with E-state index in [1.807, 2.05) is 6.92 Å². The molecule has 0 unspecified atom stereocenters. The summed E-state index contributed by atoms with van der Waals surface area (Å²) >= 11 is 0. The number of nitrogens with one attached hydrogen (secondary N) is 1. The number of carbonyl (C=O) groups is 1. The zero-order chi connectivity index (χ0) is 25.0. The lowest BCUT2D eigenvalue weighted by molar-refractivity contribution is -0.120. The summed E-state index contributed by atoms with van der Waals surface area (Å²) < 4.78 is 2.47. The normalized spacial score (nSPS) is 11.4. The van der Waals surface area contributed by atoms with Gasteiger partial charge in [-0.25, -0.2) is 4.98 Å². The summed E-state index contributed by atoms with van der Waals surface area (Å²) in [7, 11) is 0. The Labute approximate surface area is 215 Å². The third-order valence-electron chi connectivity index (χ3n) is 7.19. The molecule has 0 atom stereocenters. The summed E-state index contributed by atoms with van der Waals surface area (Å²) in [6.07, 6.45) is 24.5. The van der Waals surface area contributed by atoms with Crippen LogP contribution in [0, 0.1) is 0 Å². The Hall–Kier alpha value is -1.84. The Bertz CT molecular complexity index is 798. The number of para-hydroxylation sites is 2. The number of unbranched alkanes of at least 4 members (excludes halogenated alkanes) is 15. The minimum atomic E-state index is 0.153. The van der Waals surface area contributed by atoms with E-state index in [1.54, 1.807) is 0 Å². The fraction of sp³-hybridized carbons (Fsp3) is 0.742. The molecule has 0 aliphatic rings. The number of nitrogens with zero attached hydrogens (tertiary/aromatic N) is 2. The van der Waals surface area contributed by atoms with Gasteiger partial charge in [0.25, 0.3) is 0 Å². The van der Waals surface area contributed by atoms with Crippen molar-refractivity contribution in [1.82, 2.24) is 14.9 Å². The van der Waals surface area contributed by atoms with E-state index in [2.05, 4.69) is 41.1 Å². The van der Waals surface area contributed by atoms with Crippen LogP contribution < -0.4 is 5.32 Å². The van der Waals surface area contributed by atoms with E-state index in [9.17, 15) is 4.79 Å². The van der Waals surface area contributed by atoms with Crippen LogP contribution in [0.2, 0.25) is 0 Å². The average molecular weight is 484 g/mol. The molecule has 0 saturated heterocycles. The highest BCUT2D eigenvalue weighted by Crippen LogP contribution is 2.20. The molecule has 4 heteroatoms. The molecule has 1 aromatic heterocycles. The van der Waals surface area contributed by atoms with Crippen LogP contribution in [-0.4, -0.2) is 22.0 Å². The Balaban J connectivity index is 1.58. The molecule has 2 aromatic rings. The van der Waals surface area contributed by atoms with E-state index in [1.165, 1.54) is 101 Å². The number of aromatic nitrogens is 2. The second-order valence-corrected chi connectivity index (χ2v) is 10.3. The summed E-state index contributed by atoms with van der Waals surface area (Å²) in [4.78, 5) is 16.3. The number of rotatable bonds is 22. The maximum Gasteiger partial charge on any atom is 0.219 e. The highest BCUT2D eigenvalue weighted by Gasteiger charge is 2.10. The van der Waals surface area contributed by atoms with Crippen molar-refractivity contribution in [2.75, 3.05) is 6.54 Å². The van der Waals surface area contributed by atoms with E-state index in [4.69, 9.17) is 4.98 Å². The molecule has 1 amide bonds. The molecule has 0 bridgehead atoms. The van der Waals surface area contributed by atoms with Gasteiger partial charge < -0.3 is 9.88 Å². The first-order valence-corrected chi connectivity index (χ1v) is 15.0. The largest absolute Gasteiger partial charge is 0.356 e. The molecule has 0 aliphatic carbocycles. The van der Waals surface area contributed by atoms with Gasteiger partial charge in [-0.2, -0.15) is 0 Å². The summed E-state index contributed by atoms with van der Waals surface area (Å²) in [6, 6.07) is 8.58. The first-order valence-electron chi connectivity index (χ1n) is 15.0. The first kappa shape index (κ1) is 29.4. The van der Waals surface area contributed by atoms with E-state index in [0.717, 1.165) is 44.3 Å². The second kappa shape index (κ2) is 19.4. The van der Waals surface area contributed by atoms with Crippen LogP contribution in [0.1, 0.15) is 135 Å². The van der Waals surface area contributed by atoms with Crippen LogP contribution in [0.25, 0.3) is 11.0 Å². The summed E-state index contributed by atoms with van der Waals surface area (Å²) in [5.41, 5.74) is 2.41. The van der Waals surface area contributed by atoms with Gasteiger partial charge >= 0.3 is 0 Å². The lowest BCUT2D eigenvalue weighted by Gasteiger charge is -2.10. The topological polar surface area (TPSA) is 46.9 Å². The Morgan fingerprint density at radius 2 is 1.31 bits per heavy atom. The zero-order valence-electron chi connectivity index (χ0n) is 23.0. The molecular formula is C31H53N3O. The van der Waals surface area contributed by atoms with Crippen molar-refractivity contribution in [3.8, 4) is 0 Å². The van der Waals surface area contributed by atoms with Crippen molar-refractivity contribution < 1.29 is 4.79 Å². The highest BCUT2D eigenvalue weighted by molar-refractivity contribution is 5.76. The fourth-order valence-corrected chi connectivity index (χ4v) is 4.97. The monoisotopic (exact) mass is 483 g/mol. The number of aryl methyl sites for hydroxylation is 2. The van der Waals surface area contributed by atoms with Crippen LogP contribution in [0.15, 0.2) is 24.3 Å². The SMILES string of the molecule is CCCCCCCCCCCCCCCCn1c(CCCCCNC(=O)CC)nc2ccccc21. The maximum atomic E-state index is 11.4. The van der Waals surface area contributed by atoms with Gasteiger partial charge in [-0.3, -0.25) is 4.79 Å². The highest BCUT2D eigenvalue weighted by atomic mass is 16.1. The quantitative estimate of drug-likeness (QED) is 0.170. The predicted octanol–water partition coefficient (Wildman–Crippen LogP) is 8.76. The smallest absolute Gasteiger partial charge is 0.219 e. The fourth-order valence-electron chi connectivity index (χ4n) is 4.97. The zero-order valence-corrected chi connectivity index (χ0v) is 23.0. The number of benzene rings is 1. The lowest BCUT2D eigenvalue weighted by atomic mass is 10.0. The van der Waals surface area contributed by atoms with Crippen LogP contribution in [0.3, 0.4) is 0 Å². The van der Waals surface area contributed by atoms with Gasteiger partial charge in [0.15, 0.2) is 0 Å².